The zero-order chi connectivity index (χ0) is 25.1. The van der Waals surface area contributed by atoms with Gasteiger partial charge in [-0.3, -0.25) is 0 Å². The molecule has 8 rings (SSSR count). The van der Waals surface area contributed by atoms with E-state index in [1.165, 1.54) is 0 Å². The van der Waals surface area contributed by atoms with Gasteiger partial charge in [-0.1, -0.05) is 48.5 Å². The fourth-order valence-electron chi connectivity index (χ4n) is 4.53. The molecule has 0 saturated heterocycles. The van der Waals surface area contributed by atoms with Gasteiger partial charge in [0, 0.05) is 0 Å². The average Bonchev–Trinajstić information content (AvgIpc) is 3.73. The number of oxazole rings is 4. The Morgan fingerprint density at radius 3 is 0.816 bits per heavy atom. The lowest BCUT2D eigenvalue weighted by atomic mass is 10.1. The van der Waals surface area contributed by atoms with Crippen molar-refractivity contribution < 1.29 is 17.7 Å². The Morgan fingerprint density at radius 1 is 0.342 bits per heavy atom. The van der Waals surface area contributed by atoms with E-state index in [4.69, 9.17) is 37.6 Å². The van der Waals surface area contributed by atoms with Gasteiger partial charge in [0.15, 0.2) is 22.3 Å². The molecule has 8 heteroatoms. The van der Waals surface area contributed by atoms with E-state index in [1.807, 2.05) is 97.1 Å². The number of benzene rings is 4. The maximum Gasteiger partial charge on any atom is 0.233 e. The number of rotatable bonds is 4. The summed E-state index contributed by atoms with van der Waals surface area (Å²) in [5.41, 5.74) is 6.03. The second-order valence-electron chi connectivity index (χ2n) is 8.70. The second kappa shape index (κ2) is 8.01. The van der Waals surface area contributed by atoms with Crippen molar-refractivity contribution in [3.8, 4) is 0 Å². The monoisotopic (exact) mass is 496 g/mol. The molecular weight excluding hydrogens is 480 g/mol. The Balaban J connectivity index is 1.52. The molecule has 0 radical (unpaired) electrons. The van der Waals surface area contributed by atoms with Crippen molar-refractivity contribution in [1.29, 1.82) is 0 Å². The first kappa shape index (κ1) is 20.7. The lowest BCUT2D eigenvalue weighted by Gasteiger charge is -2.05. The topological polar surface area (TPSA) is 104 Å². The standard InChI is InChI=1S/C30H16N4O4/c1-5-13-21-17(9-1)31-27(35-21)25(28-32-18-10-2-6-14-22(18)36-28)26(29-33-19-11-3-7-15-23(19)37-29)30-34-20-12-4-8-16-24(20)38-30/h1-16H. The average molecular weight is 496 g/mol. The van der Waals surface area contributed by atoms with Crippen molar-refractivity contribution in [3.05, 3.63) is 121 Å². The van der Waals surface area contributed by atoms with Gasteiger partial charge in [0.25, 0.3) is 0 Å². The number of hydrogen-bond acceptors (Lipinski definition) is 8. The van der Waals surface area contributed by atoms with Crippen molar-refractivity contribution in [2.45, 2.75) is 0 Å². The van der Waals surface area contributed by atoms with Crippen LogP contribution in [0.15, 0.2) is 115 Å². The zero-order valence-electron chi connectivity index (χ0n) is 19.7. The summed E-state index contributed by atoms with van der Waals surface area (Å²) in [6, 6.07) is 30.1. The second-order valence-corrected chi connectivity index (χ2v) is 8.70. The molecule has 0 atom stereocenters. The smallest absolute Gasteiger partial charge is 0.233 e. The summed E-state index contributed by atoms with van der Waals surface area (Å²) in [4.78, 5) is 19.1. The van der Waals surface area contributed by atoms with Crippen LogP contribution in [0.2, 0.25) is 0 Å². The molecule has 0 bridgehead atoms. The highest BCUT2D eigenvalue weighted by Crippen LogP contribution is 2.39. The molecule has 38 heavy (non-hydrogen) atoms. The van der Waals surface area contributed by atoms with Gasteiger partial charge in [0.1, 0.15) is 33.2 Å². The first-order valence-corrected chi connectivity index (χ1v) is 12.0. The van der Waals surface area contributed by atoms with Crippen molar-refractivity contribution in [1.82, 2.24) is 19.9 Å². The predicted octanol–water partition coefficient (Wildman–Crippen LogP) is 7.26. The van der Waals surface area contributed by atoms with Gasteiger partial charge in [-0.05, 0) is 48.5 Å². The van der Waals surface area contributed by atoms with Crippen LogP contribution in [-0.4, -0.2) is 19.9 Å². The van der Waals surface area contributed by atoms with Crippen LogP contribution in [-0.2, 0) is 0 Å². The molecule has 8 aromatic rings. The molecule has 0 fully saturated rings. The molecule has 4 aromatic heterocycles. The highest BCUT2D eigenvalue weighted by molar-refractivity contribution is 6.00. The minimum Gasteiger partial charge on any atom is -0.436 e. The molecule has 0 aliphatic heterocycles. The summed E-state index contributed by atoms with van der Waals surface area (Å²) >= 11 is 0. The molecule has 0 amide bonds. The third-order valence-electron chi connectivity index (χ3n) is 6.28. The van der Waals surface area contributed by atoms with Gasteiger partial charge < -0.3 is 17.7 Å². The van der Waals surface area contributed by atoms with E-state index < -0.39 is 0 Å². The maximum atomic E-state index is 6.24. The molecular formula is C30H16N4O4. The maximum absolute atomic E-state index is 6.24. The first-order chi connectivity index (χ1) is 18.8. The highest BCUT2D eigenvalue weighted by Gasteiger charge is 2.31. The Kier molecular flexibility index (Phi) is 4.35. The van der Waals surface area contributed by atoms with Gasteiger partial charge >= 0.3 is 0 Å². The van der Waals surface area contributed by atoms with E-state index in [1.54, 1.807) is 0 Å². The summed E-state index contributed by atoms with van der Waals surface area (Å²) < 4.78 is 25.0. The number of hydrogen-bond donors (Lipinski definition) is 0. The van der Waals surface area contributed by atoms with E-state index in [9.17, 15) is 0 Å². The summed E-state index contributed by atoms with van der Waals surface area (Å²) in [5, 5.41) is 0. The van der Waals surface area contributed by atoms with Gasteiger partial charge in [-0.15, -0.1) is 0 Å². The lowest BCUT2D eigenvalue weighted by molar-refractivity contribution is 0.543. The number of nitrogens with zero attached hydrogens (tertiary/aromatic N) is 4. The Labute approximate surface area is 213 Å². The Hall–Kier alpha value is -5.50. The normalized spacial score (nSPS) is 11.7. The van der Waals surface area contributed by atoms with Gasteiger partial charge in [-0.2, -0.15) is 0 Å². The van der Waals surface area contributed by atoms with E-state index in [0.717, 1.165) is 0 Å². The van der Waals surface area contributed by atoms with Crippen LogP contribution in [0.5, 0.6) is 0 Å². The van der Waals surface area contributed by atoms with Crippen LogP contribution < -0.4 is 0 Å². The Morgan fingerprint density at radius 2 is 0.579 bits per heavy atom. The molecule has 8 nitrogen and oxygen atoms in total. The number of aromatic nitrogens is 4. The summed E-state index contributed by atoms with van der Waals surface area (Å²) in [6.45, 7) is 0. The molecule has 0 spiro atoms. The van der Waals surface area contributed by atoms with Crippen LogP contribution in [0.25, 0.3) is 55.5 Å². The fraction of sp³-hybridized carbons (Fsp3) is 0. The minimum atomic E-state index is 0.275. The summed E-state index contributed by atoms with van der Waals surface area (Å²) in [7, 11) is 0. The van der Waals surface area contributed by atoms with Crippen molar-refractivity contribution in [2.24, 2.45) is 0 Å². The predicted molar refractivity (Wildman–Crippen MR) is 141 cm³/mol. The molecule has 0 aliphatic rings. The minimum absolute atomic E-state index is 0.275. The number of para-hydroxylation sites is 8. The number of fused-ring (bicyclic) bond motifs is 4. The van der Waals surface area contributed by atoms with Crippen LogP contribution in [0.3, 0.4) is 0 Å². The third-order valence-corrected chi connectivity index (χ3v) is 6.28. The largest absolute Gasteiger partial charge is 0.436 e. The van der Waals surface area contributed by atoms with E-state index in [2.05, 4.69) is 0 Å². The van der Waals surface area contributed by atoms with Crippen molar-refractivity contribution in [2.75, 3.05) is 0 Å². The van der Waals surface area contributed by atoms with Crippen LogP contribution in [0, 0.1) is 0 Å². The van der Waals surface area contributed by atoms with Gasteiger partial charge in [0.05, 0.1) is 0 Å². The quantitative estimate of drug-likeness (QED) is 0.251. The summed E-state index contributed by atoms with van der Waals surface area (Å²) in [5.74, 6) is 1.10. The third kappa shape index (κ3) is 3.24. The summed E-state index contributed by atoms with van der Waals surface area (Å²) in [6.07, 6.45) is 0. The zero-order valence-corrected chi connectivity index (χ0v) is 19.7. The van der Waals surface area contributed by atoms with Gasteiger partial charge in [0.2, 0.25) is 23.6 Å². The van der Waals surface area contributed by atoms with Crippen molar-refractivity contribution in [3.63, 3.8) is 0 Å². The van der Waals surface area contributed by atoms with Gasteiger partial charge in [-0.25, -0.2) is 19.9 Å². The van der Waals surface area contributed by atoms with Crippen molar-refractivity contribution >= 4 is 55.5 Å². The first-order valence-electron chi connectivity index (χ1n) is 12.0. The van der Waals surface area contributed by atoms with E-state index >= 15 is 0 Å². The molecule has 0 N–H and O–H groups in total. The SMILES string of the molecule is c1ccc2oc(C(=C(c3nc4ccccc4o3)c3nc4ccccc4o3)c3nc4ccccc4o3)nc2c1. The molecule has 0 unspecified atom stereocenters. The molecule has 4 heterocycles. The van der Waals surface area contributed by atoms with Crippen LogP contribution in [0.1, 0.15) is 23.6 Å². The van der Waals surface area contributed by atoms with E-state index in [-0.39, 0.29) is 23.6 Å². The Bertz CT molecular complexity index is 1720. The molecule has 180 valence electrons. The lowest BCUT2D eigenvalue weighted by Crippen LogP contribution is -1.98. The van der Waals surface area contributed by atoms with Crippen LogP contribution in [0.4, 0.5) is 0 Å². The van der Waals surface area contributed by atoms with Crippen LogP contribution >= 0.6 is 0 Å². The molecule has 0 aliphatic carbocycles. The highest BCUT2D eigenvalue weighted by atomic mass is 16.4. The molecule has 4 aromatic carbocycles. The molecule has 0 saturated carbocycles. The van der Waals surface area contributed by atoms with E-state index in [0.29, 0.717) is 55.5 Å². The fourth-order valence-corrected chi connectivity index (χ4v) is 4.53.